The van der Waals surface area contributed by atoms with Crippen molar-refractivity contribution in [3.05, 3.63) is 29.3 Å². The first-order valence-corrected chi connectivity index (χ1v) is 13.1. The van der Waals surface area contributed by atoms with Gasteiger partial charge in [-0.25, -0.2) is 4.79 Å². The molecule has 13 heteroatoms. The summed E-state index contributed by atoms with van der Waals surface area (Å²) in [5, 5.41) is 0. The molecular weight excluding hydrogens is 530 g/mol. The minimum Gasteiger partial charge on any atom is -0.426 e. The number of rotatable bonds is 5. The Morgan fingerprint density at radius 1 is 1.00 bits per heavy atom. The van der Waals surface area contributed by atoms with Crippen molar-refractivity contribution in [3.63, 3.8) is 0 Å². The number of primary amides is 1. The molecule has 3 fully saturated rings. The number of benzene rings is 1. The lowest BCUT2D eigenvalue weighted by Crippen LogP contribution is -2.50. The number of halogens is 6. The topological polar surface area (TPSA) is 79.1 Å². The van der Waals surface area contributed by atoms with Gasteiger partial charge in [-0.05, 0) is 68.2 Å². The van der Waals surface area contributed by atoms with Gasteiger partial charge in [0.1, 0.15) is 0 Å². The largest absolute Gasteiger partial charge is 0.434 e. The lowest BCUT2D eigenvalue weighted by atomic mass is 9.78. The molecule has 1 aromatic carbocycles. The van der Waals surface area contributed by atoms with E-state index in [0.29, 0.717) is 32.2 Å². The van der Waals surface area contributed by atoms with Gasteiger partial charge in [0.15, 0.2) is 0 Å². The van der Waals surface area contributed by atoms with Crippen molar-refractivity contribution in [2.24, 2.45) is 17.1 Å². The van der Waals surface area contributed by atoms with Crippen molar-refractivity contribution < 1.29 is 40.7 Å². The molecule has 0 saturated carbocycles. The third-order valence-electron chi connectivity index (χ3n) is 8.29. The Labute approximate surface area is 223 Å². The first-order chi connectivity index (χ1) is 18.2. The second-order valence-corrected chi connectivity index (χ2v) is 11.1. The lowest BCUT2D eigenvalue weighted by Gasteiger charge is -2.39. The maximum absolute atomic E-state index is 12.8. The molecule has 0 atom stereocenters. The van der Waals surface area contributed by atoms with E-state index in [9.17, 15) is 35.9 Å². The van der Waals surface area contributed by atoms with E-state index in [1.54, 1.807) is 0 Å². The second kappa shape index (κ2) is 11.1. The highest BCUT2D eigenvalue weighted by Gasteiger charge is 2.60. The molecule has 2 N–H and O–H groups in total. The number of amides is 2. The van der Waals surface area contributed by atoms with Crippen molar-refractivity contribution >= 4 is 17.7 Å². The zero-order valence-corrected chi connectivity index (χ0v) is 21.8. The Kier molecular flexibility index (Phi) is 8.30. The number of aryl methyl sites for hydroxylation is 1. The fraction of sp³-hybridized carbons (Fsp3) is 0.692. The number of ether oxygens (including phenoxy) is 1. The number of nitrogens with two attached hydrogens (primary N) is 1. The molecular formula is C26H34F6N4O3. The molecule has 0 aliphatic carbocycles. The molecule has 0 aromatic heterocycles. The molecule has 3 saturated heterocycles. The van der Waals surface area contributed by atoms with Gasteiger partial charge in [0.05, 0.1) is 0 Å². The molecule has 4 rings (SSSR count). The van der Waals surface area contributed by atoms with E-state index >= 15 is 0 Å². The predicted molar refractivity (Wildman–Crippen MR) is 131 cm³/mol. The van der Waals surface area contributed by atoms with Gasteiger partial charge < -0.3 is 20.3 Å². The van der Waals surface area contributed by atoms with Crippen molar-refractivity contribution in [3.8, 4) is 0 Å². The fourth-order valence-corrected chi connectivity index (χ4v) is 5.98. The van der Waals surface area contributed by atoms with Gasteiger partial charge in [-0.15, -0.1) is 0 Å². The highest BCUT2D eigenvalue weighted by molar-refractivity contribution is 5.77. The zero-order valence-electron chi connectivity index (χ0n) is 21.8. The van der Waals surface area contributed by atoms with Gasteiger partial charge in [0, 0.05) is 50.9 Å². The van der Waals surface area contributed by atoms with E-state index in [-0.39, 0.29) is 30.3 Å². The smallest absolute Gasteiger partial charge is 0.426 e. The maximum atomic E-state index is 12.8. The van der Waals surface area contributed by atoms with Crippen molar-refractivity contribution in [2.75, 3.05) is 44.2 Å². The summed E-state index contributed by atoms with van der Waals surface area (Å²) in [5.74, 6) is -0.370. The van der Waals surface area contributed by atoms with Gasteiger partial charge in [-0.3, -0.25) is 9.69 Å². The van der Waals surface area contributed by atoms with Crippen LogP contribution in [0.4, 0.5) is 36.8 Å². The van der Waals surface area contributed by atoms with Crippen molar-refractivity contribution in [1.82, 2.24) is 9.80 Å². The molecule has 7 nitrogen and oxygen atoms in total. The number of hydrogen-bond donors (Lipinski definition) is 1. The summed E-state index contributed by atoms with van der Waals surface area (Å²) in [6, 6.07) is 6.30. The molecule has 0 unspecified atom stereocenters. The van der Waals surface area contributed by atoms with Crippen LogP contribution in [0.5, 0.6) is 0 Å². The van der Waals surface area contributed by atoms with Gasteiger partial charge >= 0.3 is 18.4 Å². The number of carbonyl (C=O) groups excluding carboxylic acids is 2. The van der Waals surface area contributed by atoms with E-state index in [0.717, 1.165) is 54.3 Å². The number of anilines is 1. The second-order valence-electron chi connectivity index (χ2n) is 11.1. The van der Waals surface area contributed by atoms with Crippen molar-refractivity contribution in [2.45, 2.75) is 64.0 Å². The predicted octanol–water partition coefficient (Wildman–Crippen LogP) is 4.61. The SMILES string of the molecule is Cc1ccc(CN2CCC3(CCN(C(=O)OC(C(F)(F)F)C(F)(F)F)CC3)C2)c(N2CCC(C(N)=O)CC2)c1. The number of piperidine rings is 2. The highest BCUT2D eigenvalue weighted by atomic mass is 19.4. The maximum Gasteiger partial charge on any atom is 0.434 e. The summed E-state index contributed by atoms with van der Waals surface area (Å²) in [6.45, 7) is 5.80. The standard InChI is InChI=1S/C26H34F6N4O3/c1-17-2-3-19(20(14-17)35-9-4-18(5-10-35)21(33)37)15-34-11-6-24(16-34)7-12-36(13-8-24)23(38)39-22(25(27,28)29)26(30,31)32/h2-3,14,18,22H,4-13,15-16H2,1H3,(H2,33,37). The quantitative estimate of drug-likeness (QED) is 0.529. The molecule has 1 aromatic rings. The van der Waals surface area contributed by atoms with E-state index in [1.165, 1.54) is 0 Å². The molecule has 39 heavy (non-hydrogen) atoms. The zero-order chi connectivity index (χ0) is 28.6. The minimum atomic E-state index is -5.73. The third kappa shape index (κ3) is 6.90. The van der Waals surface area contributed by atoms with Crippen LogP contribution in [0.3, 0.4) is 0 Å². The van der Waals surface area contributed by atoms with E-state index in [2.05, 4.69) is 32.7 Å². The summed E-state index contributed by atoms with van der Waals surface area (Å²) in [4.78, 5) is 29.2. The monoisotopic (exact) mass is 564 g/mol. The van der Waals surface area contributed by atoms with Crippen LogP contribution in [0, 0.1) is 18.3 Å². The average Bonchev–Trinajstić information content (AvgIpc) is 3.24. The Balaban J connectivity index is 1.34. The summed E-state index contributed by atoms with van der Waals surface area (Å²) in [7, 11) is 0. The van der Waals surface area contributed by atoms with Gasteiger partial charge in [-0.2, -0.15) is 26.3 Å². The van der Waals surface area contributed by atoms with Gasteiger partial charge in [0.25, 0.3) is 6.10 Å². The molecule has 218 valence electrons. The number of likely N-dealkylation sites (tertiary alicyclic amines) is 2. The Morgan fingerprint density at radius 2 is 1.59 bits per heavy atom. The lowest BCUT2D eigenvalue weighted by molar-refractivity contribution is -0.308. The summed E-state index contributed by atoms with van der Waals surface area (Å²) in [5.41, 5.74) is 8.73. The van der Waals surface area contributed by atoms with Crippen LogP contribution in [0.1, 0.15) is 43.2 Å². The summed E-state index contributed by atoms with van der Waals surface area (Å²) < 4.78 is 80.6. The summed E-state index contributed by atoms with van der Waals surface area (Å²) >= 11 is 0. The first-order valence-electron chi connectivity index (χ1n) is 13.1. The summed E-state index contributed by atoms with van der Waals surface area (Å²) in [6.07, 6.45) is -14.0. The molecule has 3 aliphatic rings. The van der Waals surface area contributed by atoms with E-state index < -0.39 is 24.5 Å². The number of carbonyl (C=O) groups is 2. The normalized spacial score (nSPS) is 21.1. The molecule has 0 radical (unpaired) electrons. The minimum absolute atomic E-state index is 0.0414. The Bertz CT molecular complexity index is 1030. The van der Waals surface area contributed by atoms with E-state index in [1.807, 2.05) is 6.92 Å². The fourth-order valence-electron chi connectivity index (χ4n) is 5.98. The van der Waals surface area contributed by atoms with E-state index in [4.69, 9.17) is 5.73 Å². The molecule has 1 spiro atoms. The van der Waals surface area contributed by atoms with Crippen LogP contribution >= 0.6 is 0 Å². The Hall–Kier alpha value is -2.70. The first kappa shape index (κ1) is 29.3. The molecule has 0 bridgehead atoms. The Morgan fingerprint density at radius 3 is 2.15 bits per heavy atom. The highest BCUT2D eigenvalue weighted by Crippen LogP contribution is 2.42. The van der Waals surface area contributed by atoms with Gasteiger partial charge in [0.2, 0.25) is 5.91 Å². The van der Waals surface area contributed by atoms with Crippen LogP contribution in [0.25, 0.3) is 0 Å². The van der Waals surface area contributed by atoms with Crippen LogP contribution in [-0.4, -0.2) is 79.5 Å². The number of nitrogens with zero attached hydrogens (tertiary/aromatic N) is 3. The average molecular weight is 565 g/mol. The van der Waals surface area contributed by atoms with Crippen molar-refractivity contribution in [1.29, 1.82) is 0 Å². The number of hydrogen-bond acceptors (Lipinski definition) is 5. The molecule has 2 amide bonds. The number of alkyl halides is 6. The molecule has 3 heterocycles. The van der Waals surface area contributed by atoms with Crippen LogP contribution in [0.2, 0.25) is 0 Å². The van der Waals surface area contributed by atoms with Crippen LogP contribution < -0.4 is 10.6 Å². The third-order valence-corrected chi connectivity index (χ3v) is 8.29. The van der Waals surface area contributed by atoms with Crippen LogP contribution in [0.15, 0.2) is 18.2 Å². The van der Waals surface area contributed by atoms with Gasteiger partial charge in [-0.1, -0.05) is 12.1 Å². The molecule has 3 aliphatic heterocycles. The van der Waals surface area contributed by atoms with Crippen LogP contribution in [-0.2, 0) is 16.1 Å².